The average molecular weight is 929 g/mol. The first-order valence-corrected chi connectivity index (χ1v) is 26.3. The van der Waals surface area contributed by atoms with Crippen molar-refractivity contribution in [2.45, 2.75) is 186 Å². The van der Waals surface area contributed by atoms with Crippen LogP contribution >= 0.6 is 0 Å². The normalized spacial score (nSPS) is 16.1. The smallest absolute Gasteiger partial charge is 0.418 e. The second kappa shape index (κ2) is 25.9. The predicted octanol–water partition coefficient (Wildman–Crippen LogP) is 13.4. The lowest BCUT2D eigenvalue weighted by Gasteiger charge is -2.35. The molecule has 2 atom stereocenters. The van der Waals surface area contributed by atoms with Crippen molar-refractivity contribution in [1.29, 1.82) is 0 Å². The zero-order valence-electron chi connectivity index (χ0n) is 40.6. The molecule has 0 spiro atoms. The van der Waals surface area contributed by atoms with Gasteiger partial charge in [-0.15, -0.1) is 0 Å². The maximum Gasteiger partial charge on any atom is 0.418 e. The van der Waals surface area contributed by atoms with Gasteiger partial charge in [-0.25, -0.2) is 23.1 Å². The first kappa shape index (κ1) is 52.1. The number of hydrogen-bond acceptors (Lipinski definition) is 9. The van der Waals surface area contributed by atoms with Crippen molar-refractivity contribution in [1.82, 2.24) is 9.21 Å². The number of amidine groups is 1. The molecule has 0 radical (unpaired) electrons. The highest BCUT2D eigenvalue weighted by molar-refractivity contribution is 7.90. The number of amides is 3. The molecule has 2 heterocycles. The third-order valence-corrected chi connectivity index (χ3v) is 14.5. The molecule has 12 nitrogen and oxygen atoms in total. The predicted molar refractivity (Wildman–Crippen MR) is 263 cm³/mol. The molecule has 5 rings (SSSR count). The summed E-state index contributed by atoms with van der Waals surface area (Å²) in [7, 11) is -4.28. The quantitative estimate of drug-likeness (QED) is 0.0651. The van der Waals surface area contributed by atoms with Crippen LogP contribution in [0.3, 0.4) is 0 Å². The second-order valence-corrected chi connectivity index (χ2v) is 20.4. The van der Waals surface area contributed by atoms with Crippen molar-refractivity contribution in [2.24, 2.45) is 10.9 Å². The van der Waals surface area contributed by atoms with Gasteiger partial charge in [0, 0.05) is 6.54 Å². The minimum atomic E-state index is -4.28. The molecule has 0 aromatic heterocycles. The number of aryl methyl sites for hydroxylation is 1. The average Bonchev–Trinajstić information content (AvgIpc) is 3.49. The minimum absolute atomic E-state index is 0.00881. The van der Waals surface area contributed by atoms with E-state index in [0.29, 0.717) is 35.3 Å². The van der Waals surface area contributed by atoms with Crippen LogP contribution in [0.4, 0.5) is 16.2 Å². The maximum atomic E-state index is 15.0. The Balaban J connectivity index is 1.34. The highest BCUT2D eigenvalue weighted by Crippen LogP contribution is 2.39. The molecule has 3 amide bonds. The highest BCUT2D eigenvalue weighted by Gasteiger charge is 2.55. The number of ether oxygens (including phenoxy) is 3. The molecule has 362 valence electrons. The Hall–Kier alpha value is -4.91. The second-order valence-electron chi connectivity index (χ2n) is 18.5. The first-order chi connectivity index (χ1) is 31.8. The van der Waals surface area contributed by atoms with Crippen LogP contribution in [-0.4, -0.2) is 66.2 Å². The van der Waals surface area contributed by atoms with Crippen molar-refractivity contribution < 1.29 is 37.0 Å². The molecule has 0 bridgehead atoms. The number of hydrogen-bond donors (Lipinski definition) is 1. The van der Waals surface area contributed by atoms with Crippen LogP contribution in [0.15, 0.2) is 76.6 Å². The molecule has 1 N–H and O–H groups in total. The number of imide groups is 1. The summed E-state index contributed by atoms with van der Waals surface area (Å²) in [4.78, 5) is 48.2. The van der Waals surface area contributed by atoms with E-state index < -0.39 is 39.6 Å². The summed E-state index contributed by atoms with van der Waals surface area (Å²) in [6.07, 6.45) is 21.8. The Bertz CT molecular complexity index is 2190. The van der Waals surface area contributed by atoms with Gasteiger partial charge in [-0.3, -0.25) is 13.9 Å². The van der Waals surface area contributed by atoms with E-state index in [1.807, 2.05) is 31.2 Å². The molecular weight excluding hydrogens is 853 g/mol. The monoisotopic (exact) mass is 929 g/mol. The number of anilines is 1. The molecule has 2 unspecified atom stereocenters. The lowest BCUT2D eigenvalue weighted by atomic mass is 10.0. The van der Waals surface area contributed by atoms with Gasteiger partial charge in [-0.1, -0.05) is 167 Å². The third kappa shape index (κ3) is 14.3. The van der Waals surface area contributed by atoms with Crippen LogP contribution in [0.25, 0.3) is 0 Å². The zero-order chi connectivity index (χ0) is 47.5. The summed E-state index contributed by atoms with van der Waals surface area (Å²) in [6, 6.07) is 17.1. The number of rotatable bonds is 30. The third-order valence-electron chi connectivity index (χ3n) is 12.6. The van der Waals surface area contributed by atoms with Crippen LogP contribution < -0.4 is 14.8 Å². The molecular formula is C53H76N4O8S. The van der Waals surface area contributed by atoms with E-state index >= 15 is 0 Å². The Kier molecular flexibility index (Phi) is 20.4. The number of cyclic esters (lactones) is 1. The number of nitrogens with one attached hydrogen (secondary N) is 1. The number of sulfonamides is 1. The fourth-order valence-electron chi connectivity index (χ4n) is 8.59. The lowest BCUT2D eigenvalue weighted by molar-refractivity contribution is -0.137. The number of unbranched alkanes of at least 4 members (excludes halogenated alkanes) is 16. The number of carbonyl (C=O) groups is 3. The molecule has 2 aliphatic rings. The van der Waals surface area contributed by atoms with E-state index in [0.717, 1.165) is 61.2 Å². The Morgan fingerprint density at radius 1 is 0.742 bits per heavy atom. The molecule has 1 fully saturated rings. The molecule has 0 saturated carbocycles. The number of aliphatic imine (C=N–C) groups is 1. The van der Waals surface area contributed by atoms with E-state index in [1.165, 1.54) is 90.5 Å². The van der Waals surface area contributed by atoms with Gasteiger partial charge in [0.15, 0.2) is 34.7 Å². The fourth-order valence-corrected chi connectivity index (χ4v) is 10.2. The van der Waals surface area contributed by atoms with Crippen molar-refractivity contribution in [3.63, 3.8) is 0 Å². The van der Waals surface area contributed by atoms with Crippen LogP contribution in [-0.2, 0) is 24.3 Å². The van der Waals surface area contributed by atoms with Crippen molar-refractivity contribution in [3.05, 3.63) is 72.3 Å². The summed E-state index contributed by atoms with van der Waals surface area (Å²) in [5.74, 6) is -0.306. The van der Waals surface area contributed by atoms with Gasteiger partial charge in [0.05, 0.1) is 18.0 Å². The Labute approximate surface area is 395 Å². The van der Waals surface area contributed by atoms with Gasteiger partial charge < -0.3 is 19.5 Å². The standard InChI is InChI=1S/C53H76N4O8S/c1-7-10-12-13-14-15-16-17-18-19-20-21-22-23-24-29-37-56-49(54-42-31-25-28-34-47(42)66(56,61)62)48(57-51(59)53(5,6)65-52(57)60)50(58)55-43-38-40(4)35-36-44(43)64-46-33-27-26-32-45(46)63-39-41(9-3)30-11-8-2/h25-28,31-36,38,41,48H,7-24,29-30,37,39H2,1-6H3,(H,55,58). The van der Waals surface area contributed by atoms with Crippen LogP contribution in [0.5, 0.6) is 17.2 Å². The summed E-state index contributed by atoms with van der Waals surface area (Å²) >= 11 is 0. The summed E-state index contributed by atoms with van der Waals surface area (Å²) in [6.45, 7) is 11.8. The Morgan fingerprint density at radius 2 is 1.32 bits per heavy atom. The zero-order valence-corrected chi connectivity index (χ0v) is 41.4. The van der Waals surface area contributed by atoms with Crippen LogP contribution in [0, 0.1) is 12.8 Å². The van der Waals surface area contributed by atoms with E-state index in [4.69, 9.17) is 19.2 Å². The SMILES string of the molecule is CCCCCCCCCCCCCCCCCCN1C(C(C(=O)Nc2cc(C)ccc2Oc2ccccc2OCC(CC)CCCC)N2C(=O)OC(C)(C)C2=O)=Nc2ccccc2S1(=O)=O. The molecule has 1 saturated heterocycles. The molecule has 13 heteroatoms. The van der Waals surface area contributed by atoms with Crippen molar-refractivity contribution in [3.8, 4) is 17.2 Å². The van der Waals surface area contributed by atoms with E-state index in [2.05, 4.69) is 26.1 Å². The molecule has 0 aliphatic carbocycles. The van der Waals surface area contributed by atoms with Crippen molar-refractivity contribution in [2.75, 3.05) is 18.5 Å². The van der Waals surface area contributed by atoms with E-state index in [1.54, 1.807) is 36.4 Å². The lowest BCUT2D eigenvalue weighted by Crippen LogP contribution is -2.59. The number of fused-ring (bicyclic) bond motifs is 1. The molecule has 3 aromatic rings. The maximum absolute atomic E-state index is 15.0. The first-order valence-electron chi connectivity index (χ1n) is 24.9. The summed E-state index contributed by atoms with van der Waals surface area (Å²) < 4.78 is 48.5. The number of benzene rings is 3. The van der Waals surface area contributed by atoms with Gasteiger partial charge in [-0.2, -0.15) is 0 Å². The summed E-state index contributed by atoms with van der Waals surface area (Å²) in [5, 5.41) is 2.90. The number of para-hydroxylation sites is 3. The van der Waals surface area contributed by atoms with Gasteiger partial charge >= 0.3 is 6.09 Å². The molecule has 3 aromatic carbocycles. The Morgan fingerprint density at radius 3 is 1.91 bits per heavy atom. The van der Waals surface area contributed by atoms with Gasteiger partial charge in [0.25, 0.3) is 21.8 Å². The topological polar surface area (TPSA) is 144 Å². The largest absolute Gasteiger partial charge is 0.489 e. The van der Waals surface area contributed by atoms with Gasteiger partial charge in [0.1, 0.15) is 4.90 Å². The highest BCUT2D eigenvalue weighted by atomic mass is 32.2. The van der Waals surface area contributed by atoms with Crippen LogP contribution in [0.2, 0.25) is 0 Å². The fraction of sp³-hybridized carbons (Fsp3) is 0.585. The molecule has 66 heavy (non-hydrogen) atoms. The van der Waals surface area contributed by atoms with Gasteiger partial charge in [0.2, 0.25) is 0 Å². The minimum Gasteiger partial charge on any atom is -0.489 e. The molecule has 2 aliphatic heterocycles. The van der Waals surface area contributed by atoms with E-state index in [9.17, 15) is 22.8 Å². The van der Waals surface area contributed by atoms with Crippen LogP contribution in [0.1, 0.15) is 169 Å². The van der Waals surface area contributed by atoms with E-state index in [-0.39, 0.29) is 34.4 Å². The summed E-state index contributed by atoms with van der Waals surface area (Å²) in [5.41, 5.74) is -0.494. The number of nitrogens with zero attached hydrogens (tertiary/aromatic N) is 3. The number of carbonyl (C=O) groups excluding carboxylic acids is 3. The van der Waals surface area contributed by atoms with Gasteiger partial charge in [-0.05, 0) is 81.5 Å². The van der Waals surface area contributed by atoms with Crippen molar-refractivity contribution >= 4 is 45.1 Å².